The van der Waals surface area contributed by atoms with Crippen LogP contribution in [0.4, 0.5) is 27.1 Å². The number of likely N-dealkylation sites (tertiary alicyclic amines) is 1. The van der Waals surface area contributed by atoms with Gasteiger partial charge in [0.25, 0.3) is 10.0 Å². The van der Waals surface area contributed by atoms with Crippen molar-refractivity contribution in [2.45, 2.75) is 79.8 Å². The first-order valence-corrected chi connectivity index (χ1v) is 29.3. The van der Waals surface area contributed by atoms with Crippen LogP contribution in [-0.4, -0.2) is 113 Å². The second-order valence-corrected chi connectivity index (χ2v) is 24.4. The number of aryl methyl sites for hydroxylation is 1. The maximum atomic E-state index is 15.8. The number of hydrogen-bond acceptors (Lipinski definition) is 12. The normalized spacial score (nSPS) is 15.3. The number of ether oxygens (including phenoxy) is 1. The number of hydrogen-bond donors (Lipinski definition) is 3. The van der Waals surface area contributed by atoms with Crippen molar-refractivity contribution in [3.05, 3.63) is 137 Å². The second kappa shape index (κ2) is 23.2. The first-order valence-electron chi connectivity index (χ1n) is 24.6. The average molecular weight is 1090 g/mol. The molecule has 0 radical (unpaired) electrons. The third kappa shape index (κ3) is 13.1. The van der Waals surface area contributed by atoms with Gasteiger partial charge in [-0.2, -0.15) is 0 Å². The summed E-state index contributed by atoms with van der Waals surface area (Å²) in [5, 5.41) is 13.1. The molecule has 392 valence electrons. The number of halogens is 2. The van der Waals surface area contributed by atoms with E-state index < -0.39 is 43.7 Å². The van der Waals surface area contributed by atoms with Crippen LogP contribution in [0.3, 0.4) is 0 Å². The summed E-state index contributed by atoms with van der Waals surface area (Å²) in [4.78, 5) is 30.5. The van der Waals surface area contributed by atoms with Gasteiger partial charge in [-0.3, -0.25) is 4.72 Å². The Labute approximate surface area is 442 Å². The minimum atomic E-state index is -3.95. The van der Waals surface area contributed by atoms with Crippen LogP contribution < -0.4 is 19.8 Å². The van der Waals surface area contributed by atoms with E-state index in [2.05, 4.69) is 36.9 Å². The number of carboxylic acid groups (broad SMARTS) is 1. The van der Waals surface area contributed by atoms with Gasteiger partial charge < -0.3 is 34.4 Å². The zero-order chi connectivity index (χ0) is 52.9. The fourth-order valence-corrected chi connectivity index (χ4v) is 13.4. The third-order valence-corrected chi connectivity index (χ3v) is 17.6. The summed E-state index contributed by atoms with van der Waals surface area (Å²) in [6, 6.07) is 34.3. The summed E-state index contributed by atoms with van der Waals surface area (Å²) in [6.45, 7) is 12.1. The standard InChI is InChI=1S/C55H62ClFN6O8S3/c1-36(2)63-38(4)53(73(5,67)68)51(52(63)39-11-13-41(56)14-12-39)40-32-42(57)34-46(33-40)62-29-27-61(28-30-62)45-17-15-43(16-18-45)59-74(69,70)49-19-20-50(37(3)31-49)58-44(35-72-48-9-7-6-8-10-48)21-24-60-25-22-47(23-26-60)71-55(66)54(64)65/h6-20,31-34,36,44,47,58-59H,21-30,35H2,1-5H3,(H,64,65)/t44-/m1/s1. The lowest BCUT2D eigenvalue weighted by Gasteiger charge is -2.37. The smallest absolute Gasteiger partial charge is 0.417 e. The number of carbonyl (C=O) groups excluding carboxylic acids is 1. The minimum Gasteiger partial charge on any atom is -0.473 e. The van der Waals surface area contributed by atoms with E-state index in [4.69, 9.17) is 21.4 Å². The van der Waals surface area contributed by atoms with Gasteiger partial charge in [-0.15, -0.1) is 11.8 Å². The number of sulfonamides is 1. The number of esters is 1. The minimum absolute atomic E-state index is 0.0303. The van der Waals surface area contributed by atoms with Gasteiger partial charge in [0.1, 0.15) is 11.9 Å². The molecule has 2 aliphatic heterocycles. The zero-order valence-electron chi connectivity index (χ0n) is 42.1. The molecular formula is C55H62ClFN6O8S3. The van der Waals surface area contributed by atoms with Gasteiger partial charge >= 0.3 is 11.9 Å². The molecule has 1 aromatic heterocycles. The molecular weight excluding hydrogens is 1020 g/mol. The molecule has 8 rings (SSSR count). The van der Waals surface area contributed by atoms with Crippen LogP contribution in [0.1, 0.15) is 50.4 Å². The summed E-state index contributed by atoms with van der Waals surface area (Å²) in [6.07, 6.45) is 2.69. The molecule has 5 aromatic carbocycles. The van der Waals surface area contributed by atoms with Crippen molar-refractivity contribution < 1.29 is 40.7 Å². The Morgan fingerprint density at radius 2 is 1.46 bits per heavy atom. The highest BCUT2D eigenvalue weighted by Gasteiger charge is 2.31. The largest absolute Gasteiger partial charge is 0.473 e. The summed E-state index contributed by atoms with van der Waals surface area (Å²) in [5.74, 6) is -2.53. The van der Waals surface area contributed by atoms with Crippen molar-refractivity contribution in [2.75, 3.05) is 77.7 Å². The number of piperidine rings is 1. The number of piperazine rings is 1. The number of nitrogens with zero attached hydrogens (tertiary/aromatic N) is 4. The van der Waals surface area contributed by atoms with Gasteiger partial charge in [0.05, 0.1) is 15.5 Å². The Balaban J connectivity index is 0.906. The van der Waals surface area contributed by atoms with Gasteiger partial charge in [-0.1, -0.05) is 41.9 Å². The van der Waals surface area contributed by atoms with Crippen LogP contribution in [0.5, 0.6) is 0 Å². The van der Waals surface area contributed by atoms with Crippen LogP contribution in [0, 0.1) is 19.7 Å². The molecule has 0 saturated carbocycles. The van der Waals surface area contributed by atoms with E-state index in [9.17, 15) is 26.4 Å². The second-order valence-electron chi connectivity index (χ2n) is 19.2. The molecule has 0 unspecified atom stereocenters. The highest BCUT2D eigenvalue weighted by molar-refractivity contribution is 7.99. The molecule has 74 heavy (non-hydrogen) atoms. The van der Waals surface area contributed by atoms with Crippen molar-refractivity contribution in [1.82, 2.24) is 9.47 Å². The fourth-order valence-electron chi connectivity index (χ4n) is 9.91. The lowest BCUT2D eigenvalue weighted by molar-refractivity contribution is -0.168. The number of anilines is 4. The molecule has 0 spiro atoms. The number of aliphatic carboxylic acids is 1. The maximum absolute atomic E-state index is 15.8. The van der Waals surface area contributed by atoms with Gasteiger partial charge in [0.2, 0.25) is 0 Å². The maximum Gasteiger partial charge on any atom is 0.417 e. The quantitative estimate of drug-likeness (QED) is 0.0423. The number of benzene rings is 5. The molecule has 0 aliphatic carbocycles. The molecule has 0 amide bonds. The molecule has 2 fully saturated rings. The average Bonchev–Trinajstić information content (AvgIpc) is 3.70. The molecule has 1 atom stereocenters. The van der Waals surface area contributed by atoms with Crippen molar-refractivity contribution in [3.8, 4) is 22.4 Å². The Hall–Kier alpha value is -6.05. The predicted octanol–water partition coefficient (Wildman–Crippen LogP) is 10.4. The molecule has 14 nitrogen and oxygen atoms in total. The van der Waals surface area contributed by atoms with Gasteiger partial charge in [0.15, 0.2) is 9.84 Å². The van der Waals surface area contributed by atoms with E-state index in [1.807, 2.05) is 73.9 Å². The first kappa shape index (κ1) is 54.2. The monoisotopic (exact) mass is 1080 g/mol. The number of carboxylic acids is 1. The van der Waals surface area contributed by atoms with Gasteiger partial charge in [0, 0.05) is 114 Å². The van der Waals surface area contributed by atoms with Crippen molar-refractivity contribution >= 4 is 77.9 Å². The number of carbonyl (C=O) groups is 2. The Morgan fingerprint density at radius 1 is 0.811 bits per heavy atom. The third-order valence-electron chi connectivity index (χ3n) is 13.5. The first-order chi connectivity index (χ1) is 35.2. The Morgan fingerprint density at radius 3 is 2.07 bits per heavy atom. The lowest BCUT2D eigenvalue weighted by Crippen LogP contribution is -2.46. The highest BCUT2D eigenvalue weighted by atomic mass is 35.5. The van der Waals surface area contributed by atoms with Crippen molar-refractivity contribution in [2.24, 2.45) is 0 Å². The van der Waals surface area contributed by atoms with Crippen LogP contribution in [0.25, 0.3) is 22.4 Å². The summed E-state index contributed by atoms with van der Waals surface area (Å²) in [7, 11) is -7.71. The Bertz CT molecular complexity index is 3200. The summed E-state index contributed by atoms with van der Waals surface area (Å²) >= 11 is 8.00. The van der Waals surface area contributed by atoms with Crippen molar-refractivity contribution in [3.63, 3.8) is 0 Å². The topological polar surface area (TPSA) is 171 Å². The van der Waals surface area contributed by atoms with Crippen LogP contribution in [-0.2, 0) is 34.2 Å². The molecule has 19 heteroatoms. The fraction of sp³-hybridized carbons (Fsp3) is 0.345. The zero-order valence-corrected chi connectivity index (χ0v) is 45.3. The van der Waals surface area contributed by atoms with Crippen LogP contribution >= 0.6 is 23.4 Å². The molecule has 2 saturated heterocycles. The van der Waals surface area contributed by atoms with E-state index >= 15 is 4.39 Å². The number of nitrogens with one attached hydrogen (secondary N) is 2. The number of aromatic nitrogens is 1. The number of thioether (sulfide) groups is 1. The van der Waals surface area contributed by atoms with Crippen LogP contribution in [0.2, 0.25) is 5.02 Å². The summed E-state index contributed by atoms with van der Waals surface area (Å²) < 4.78 is 80.2. The molecule has 3 N–H and O–H groups in total. The predicted molar refractivity (Wildman–Crippen MR) is 294 cm³/mol. The van der Waals surface area contributed by atoms with E-state index in [-0.39, 0.29) is 21.9 Å². The van der Waals surface area contributed by atoms with E-state index in [1.165, 1.54) is 18.4 Å². The Kier molecular flexibility index (Phi) is 17.0. The molecule has 6 aromatic rings. The van der Waals surface area contributed by atoms with Crippen LogP contribution in [0.15, 0.2) is 130 Å². The lowest BCUT2D eigenvalue weighted by atomic mass is 9.99. The highest BCUT2D eigenvalue weighted by Crippen LogP contribution is 2.45. The number of rotatable bonds is 18. The van der Waals surface area contributed by atoms with Gasteiger partial charge in [-0.25, -0.2) is 30.8 Å². The van der Waals surface area contributed by atoms with E-state index in [1.54, 1.807) is 61.2 Å². The number of sulfone groups is 1. The SMILES string of the molecule is Cc1cc(S(=O)(=O)Nc2ccc(N3CCN(c4cc(F)cc(-c5c(S(C)(=O)=O)c(C)n(C(C)C)c5-c5ccc(Cl)cc5)c4)CC3)cc2)ccc1N[C@H](CCN1CCC(OC(=O)C(=O)O)CC1)CSc1ccccc1. The van der Waals surface area contributed by atoms with Crippen molar-refractivity contribution in [1.29, 1.82) is 0 Å². The molecule has 0 bridgehead atoms. The summed E-state index contributed by atoms with van der Waals surface area (Å²) in [5.41, 5.74) is 6.48. The molecule has 3 heterocycles. The van der Waals surface area contributed by atoms with E-state index in [0.717, 1.165) is 46.1 Å². The molecule has 2 aliphatic rings. The van der Waals surface area contributed by atoms with E-state index in [0.29, 0.717) is 91.0 Å². The van der Waals surface area contributed by atoms with Gasteiger partial charge in [-0.05, 0) is 149 Å².